The van der Waals surface area contributed by atoms with E-state index in [0.717, 1.165) is 59.7 Å². The highest BCUT2D eigenvalue weighted by molar-refractivity contribution is 5.89. The van der Waals surface area contributed by atoms with Gasteiger partial charge in [-0.3, -0.25) is 4.98 Å². The molecule has 0 aliphatic carbocycles. The Bertz CT molecular complexity index is 1340. The fourth-order valence-electron chi connectivity index (χ4n) is 5.62. The Labute approximate surface area is 240 Å². The van der Waals surface area contributed by atoms with Gasteiger partial charge in [0.15, 0.2) is 6.10 Å². The van der Waals surface area contributed by atoms with E-state index in [9.17, 15) is 4.79 Å². The number of nitrogens with zero attached hydrogens (tertiary/aromatic N) is 2. The van der Waals surface area contributed by atoms with Crippen LogP contribution in [0.3, 0.4) is 0 Å². The molecule has 0 N–H and O–H groups in total. The van der Waals surface area contributed by atoms with Gasteiger partial charge < -0.3 is 14.4 Å². The summed E-state index contributed by atoms with van der Waals surface area (Å²) in [6, 6.07) is 17.3. The zero-order valence-corrected chi connectivity index (χ0v) is 25.9. The predicted molar refractivity (Wildman–Crippen MR) is 165 cm³/mol. The van der Waals surface area contributed by atoms with Gasteiger partial charge >= 0.3 is 5.97 Å². The molecule has 0 amide bonds. The van der Waals surface area contributed by atoms with Crippen molar-refractivity contribution in [3.05, 3.63) is 71.0 Å². The number of carbonyl (C=O) groups excluding carboxylic acids is 1. The van der Waals surface area contributed by atoms with Crippen molar-refractivity contribution in [2.24, 2.45) is 5.41 Å². The number of hydrogen-bond donors (Lipinski definition) is 0. The van der Waals surface area contributed by atoms with Crippen LogP contribution >= 0.6 is 0 Å². The Morgan fingerprint density at radius 2 is 1.57 bits per heavy atom. The van der Waals surface area contributed by atoms with E-state index >= 15 is 0 Å². The summed E-state index contributed by atoms with van der Waals surface area (Å²) >= 11 is 0. The van der Waals surface area contributed by atoms with Crippen LogP contribution in [0.4, 0.5) is 5.69 Å². The summed E-state index contributed by atoms with van der Waals surface area (Å²) in [5, 5.41) is 0. The van der Waals surface area contributed by atoms with Gasteiger partial charge in [-0.2, -0.15) is 0 Å². The average Bonchev–Trinajstić information content (AvgIpc) is 2.87. The van der Waals surface area contributed by atoms with Crippen molar-refractivity contribution >= 4 is 11.7 Å². The summed E-state index contributed by atoms with van der Waals surface area (Å²) in [4.78, 5) is 20.9. The Hall–Kier alpha value is -3.18. The molecule has 0 spiro atoms. The second-order valence-corrected chi connectivity index (χ2v) is 12.9. The Balaban J connectivity index is 1.92. The van der Waals surface area contributed by atoms with E-state index in [0.29, 0.717) is 6.61 Å². The van der Waals surface area contributed by atoms with Gasteiger partial charge in [-0.25, -0.2) is 4.79 Å². The van der Waals surface area contributed by atoms with Gasteiger partial charge in [0.2, 0.25) is 0 Å². The molecule has 214 valence electrons. The van der Waals surface area contributed by atoms with Gasteiger partial charge in [0, 0.05) is 35.6 Å². The van der Waals surface area contributed by atoms with Crippen LogP contribution in [0.25, 0.3) is 22.3 Å². The number of pyridine rings is 1. The summed E-state index contributed by atoms with van der Waals surface area (Å²) in [6.07, 6.45) is 1.27. The number of piperidine rings is 1. The Morgan fingerprint density at radius 3 is 2.15 bits per heavy atom. The lowest BCUT2D eigenvalue weighted by atomic mass is 9.81. The molecule has 1 atom stereocenters. The van der Waals surface area contributed by atoms with E-state index in [1.54, 1.807) is 0 Å². The van der Waals surface area contributed by atoms with Crippen LogP contribution in [0.15, 0.2) is 48.5 Å². The van der Waals surface area contributed by atoms with E-state index in [4.69, 9.17) is 14.5 Å². The van der Waals surface area contributed by atoms with E-state index in [2.05, 4.69) is 81.1 Å². The molecule has 1 aromatic heterocycles. The van der Waals surface area contributed by atoms with Crippen LogP contribution < -0.4 is 4.90 Å². The zero-order chi connectivity index (χ0) is 29.2. The van der Waals surface area contributed by atoms with Gasteiger partial charge in [-0.15, -0.1) is 0 Å². The number of benzene rings is 2. The number of rotatable bonds is 7. The minimum atomic E-state index is -0.872. The number of ether oxygens (including phenoxy) is 2. The SMILES string of the molecule is CCOC(=O)[C@@H](OC(C)(C)C)c1c(C)nc(C)c(-c2ccc(-c3cccc(C)c3)cc2)c1N1CCC(C)(C)CC1. The van der Waals surface area contributed by atoms with Crippen molar-refractivity contribution in [2.45, 2.75) is 86.9 Å². The lowest BCUT2D eigenvalue weighted by molar-refractivity contribution is -0.166. The normalized spacial score (nSPS) is 16.1. The van der Waals surface area contributed by atoms with Crippen molar-refractivity contribution in [1.29, 1.82) is 0 Å². The van der Waals surface area contributed by atoms with Crippen molar-refractivity contribution in [1.82, 2.24) is 4.98 Å². The molecule has 0 radical (unpaired) electrons. The molecule has 5 heteroatoms. The second-order valence-electron chi connectivity index (χ2n) is 12.9. The maximum atomic E-state index is 13.5. The molecule has 2 aromatic carbocycles. The number of aryl methyl sites for hydroxylation is 3. The molecular formula is C35H46N2O3. The lowest BCUT2D eigenvalue weighted by Gasteiger charge is -2.41. The standard InChI is InChI=1S/C35H46N2O3/c1-10-39-33(38)32(40-34(5,6)7)30-25(4)36-24(3)29(31(30)37-20-18-35(8,9)19-21-37)27-16-14-26(15-17-27)28-13-11-12-23(2)22-28/h11-17,22,32H,10,18-21H2,1-9H3/t32-/m0/s1. The summed E-state index contributed by atoms with van der Waals surface area (Å²) in [5.74, 6) is -0.370. The minimum Gasteiger partial charge on any atom is -0.464 e. The molecule has 4 rings (SSSR count). The lowest BCUT2D eigenvalue weighted by Crippen LogP contribution is -2.39. The van der Waals surface area contributed by atoms with Crippen molar-refractivity contribution in [3.63, 3.8) is 0 Å². The van der Waals surface area contributed by atoms with Gasteiger partial charge in [-0.1, -0.05) is 67.9 Å². The Morgan fingerprint density at radius 1 is 0.950 bits per heavy atom. The first-order valence-corrected chi connectivity index (χ1v) is 14.6. The smallest absolute Gasteiger partial charge is 0.340 e. The quantitative estimate of drug-likeness (QED) is 0.281. The summed E-state index contributed by atoms with van der Waals surface area (Å²) < 4.78 is 12.0. The second kappa shape index (κ2) is 11.7. The van der Waals surface area contributed by atoms with Crippen LogP contribution in [0.2, 0.25) is 0 Å². The molecule has 5 nitrogen and oxygen atoms in total. The van der Waals surface area contributed by atoms with Gasteiger partial charge in [0.25, 0.3) is 0 Å². The topological polar surface area (TPSA) is 51.7 Å². The van der Waals surface area contributed by atoms with Gasteiger partial charge in [-0.05, 0) is 83.4 Å². The monoisotopic (exact) mass is 542 g/mol. The van der Waals surface area contributed by atoms with Crippen LogP contribution in [-0.2, 0) is 14.3 Å². The zero-order valence-electron chi connectivity index (χ0n) is 25.9. The van der Waals surface area contributed by atoms with Crippen LogP contribution in [0, 0.1) is 26.2 Å². The first-order valence-electron chi connectivity index (χ1n) is 14.6. The maximum Gasteiger partial charge on any atom is 0.340 e. The molecule has 0 saturated carbocycles. The fraction of sp³-hybridized carbons (Fsp3) is 0.486. The highest BCUT2D eigenvalue weighted by Gasteiger charge is 2.37. The molecule has 1 saturated heterocycles. The van der Waals surface area contributed by atoms with Crippen LogP contribution in [0.5, 0.6) is 0 Å². The summed E-state index contributed by atoms with van der Waals surface area (Å²) in [5.41, 5.74) is 9.10. The van der Waals surface area contributed by atoms with E-state index in [1.807, 2.05) is 34.6 Å². The Kier molecular flexibility index (Phi) is 8.75. The first-order chi connectivity index (χ1) is 18.8. The molecule has 1 aliphatic rings. The molecular weight excluding hydrogens is 496 g/mol. The van der Waals surface area contributed by atoms with Crippen molar-refractivity contribution in [3.8, 4) is 22.3 Å². The largest absolute Gasteiger partial charge is 0.464 e. The van der Waals surface area contributed by atoms with E-state index in [1.165, 1.54) is 16.7 Å². The van der Waals surface area contributed by atoms with E-state index < -0.39 is 11.7 Å². The number of anilines is 1. The molecule has 0 bridgehead atoms. The third-order valence-corrected chi connectivity index (χ3v) is 7.77. The van der Waals surface area contributed by atoms with Gasteiger partial charge in [0.05, 0.1) is 17.9 Å². The highest BCUT2D eigenvalue weighted by Crippen LogP contribution is 2.45. The summed E-state index contributed by atoms with van der Waals surface area (Å²) in [7, 11) is 0. The van der Waals surface area contributed by atoms with Crippen molar-refractivity contribution in [2.75, 3.05) is 24.6 Å². The average molecular weight is 543 g/mol. The molecule has 40 heavy (non-hydrogen) atoms. The molecule has 3 aromatic rings. The number of carbonyl (C=O) groups is 1. The minimum absolute atomic E-state index is 0.284. The van der Waals surface area contributed by atoms with E-state index in [-0.39, 0.29) is 11.4 Å². The maximum absolute atomic E-state index is 13.5. The predicted octanol–water partition coefficient (Wildman–Crippen LogP) is 8.39. The third kappa shape index (κ3) is 6.75. The third-order valence-electron chi connectivity index (χ3n) is 7.77. The number of hydrogen-bond acceptors (Lipinski definition) is 5. The molecule has 1 aliphatic heterocycles. The molecule has 2 heterocycles. The number of aromatic nitrogens is 1. The van der Waals surface area contributed by atoms with Gasteiger partial charge in [0.1, 0.15) is 0 Å². The van der Waals surface area contributed by atoms with Crippen LogP contribution in [-0.4, -0.2) is 36.3 Å². The van der Waals surface area contributed by atoms with Crippen LogP contribution in [0.1, 0.15) is 83.0 Å². The molecule has 1 fully saturated rings. The fourth-order valence-corrected chi connectivity index (χ4v) is 5.62. The molecule has 0 unspecified atom stereocenters. The number of esters is 1. The highest BCUT2D eigenvalue weighted by atomic mass is 16.6. The van der Waals surface area contributed by atoms with Crippen molar-refractivity contribution < 1.29 is 14.3 Å². The summed E-state index contributed by atoms with van der Waals surface area (Å²) in [6.45, 7) is 20.7. The first kappa shape index (κ1) is 29.8.